The standard InChI is InChI=1S/C14H17NO3/c1-13(2,12(17)18)8-5-6-10-9(7-8)14(3,4)11(16)15-10/h5-7H,1-4H3,(H,15,16)(H,17,18). The number of fused-ring (bicyclic) bond motifs is 1. The van der Waals surface area contributed by atoms with Gasteiger partial charge in [0.25, 0.3) is 0 Å². The summed E-state index contributed by atoms with van der Waals surface area (Å²) in [6.07, 6.45) is 0. The predicted molar refractivity (Wildman–Crippen MR) is 68.8 cm³/mol. The lowest BCUT2D eigenvalue weighted by molar-refractivity contribution is -0.142. The molecule has 0 atom stereocenters. The van der Waals surface area contributed by atoms with E-state index in [0.29, 0.717) is 5.56 Å². The molecule has 0 spiro atoms. The Balaban J connectivity index is 2.57. The third kappa shape index (κ3) is 1.60. The van der Waals surface area contributed by atoms with Crippen molar-refractivity contribution >= 4 is 17.6 Å². The summed E-state index contributed by atoms with van der Waals surface area (Å²) in [5.41, 5.74) is 0.768. The topological polar surface area (TPSA) is 66.4 Å². The van der Waals surface area contributed by atoms with E-state index in [2.05, 4.69) is 5.32 Å². The molecular weight excluding hydrogens is 230 g/mol. The smallest absolute Gasteiger partial charge is 0.313 e. The highest BCUT2D eigenvalue weighted by atomic mass is 16.4. The number of amides is 1. The molecule has 1 amide bonds. The van der Waals surface area contributed by atoms with Crippen LogP contribution in [0.1, 0.15) is 38.8 Å². The van der Waals surface area contributed by atoms with Crippen LogP contribution < -0.4 is 5.32 Å². The fraction of sp³-hybridized carbons (Fsp3) is 0.429. The van der Waals surface area contributed by atoms with Crippen LogP contribution >= 0.6 is 0 Å². The number of carbonyl (C=O) groups is 2. The summed E-state index contributed by atoms with van der Waals surface area (Å²) in [6, 6.07) is 5.36. The minimum atomic E-state index is -0.962. The van der Waals surface area contributed by atoms with Gasteiger partial charge >= 0.3 is 5.97 Å². The van der Waals surface area contributed by atoms with E-state index >= 15 is 0 Å². The Morgan fingerprint density at radius 3 is 2.50 bits per heavy atom. The zero-order valence-corrected chi connectivity index (χ0v) is 11.0. The van der Waals surface area contributed by atoms with Gasteiger partial charge in [0.15, 0.2) is 0 Å². The van der Waals surface area contributed by atoms with Gasteiger partial charge in [-0.25, -0.2) is 0 Å². The molecule has 0 saturated carbocycles. The molecular formula is C14H17NO3. The second kappa shape index (κ2) is 3.57. The van der Waals surface area contributed by atoms with Crippen LogP contribution in [0.25, 0.3) is 0 Å². The van der Waals surface area contributed by atoms with Gasteiger partial charge in [0.1, 0.15) is 0 Å². The molecule has 96 valence electrons. The minimum Gasteiger partial charge on any atom is -0.481 e. The zero-order chi connectivity index (χ0) is 13.7. The van der Waals surface area contributed by atoms with E-state index in [-0.39, 0.29) is 5.91 Å². The van der Waals surface area contributed by atoms with Crippen molar-refractivity contribution < 1.29 is 14.7 Å². The summed E-state index contributed by atoms with van der Waals surface area (Å²) in [7, 11) is 0. The molecule has 1 aliphatic rings. The van der Waals surface area contributed by atoms with E-state index in [9.17, 15) is 14.7 Å². The number of carbonyl (C=O) groups excluding carboxylic acids is 1. The molecule has 0 radical (unpaired) electrons. The molecule has 18 heavy (non-hydrogen) atoms. The largest absolute Gasteiger partial charge is 0.481 e. The Morgan fingerprint density at radius 1 is 1.33 bits per heavy atom. The lowest BCUT2D eigenvalue weighted by Crippen LogP contribution is -2.30. The maximum Gasteiger partial charge on any atom is 0.313 e. The van der Waals surface area contributed by atoms with Crippen LogP contribution in [-0.2, 0) is 20.4 Å². The van der Waals surface area contributed by atoms with Crippen LogP contribution in [0.3, 0.4) is 0 Å². The predicted octanol–water partition coefficient (Wildman–Crippen LogP) is 2.28. The van der Waals surface area contributed by atoms with Crippen LogP contribution in [0.5, 0.6) is 0 Å². The Hall–Kier alpha value is -1.84. The summed E-state index contributed by atoms with van der Waals surface area (Å²) < 4.78 is 0. The second-order valence-corrected chi connectivity index (χ2v) is 5.77. The number of aliphatic carboxylic acids is 1. The van der Waals surface area contributed by atoms with Gasteiger partial charge < -0.3 is 10.4 Å². The maximum atomic E-state index is 11.8. The van der Waals surface area contributed by atoms with E-state index in [1.54, 1.807) is 26.0 Å². The van der Waals surface area contributed by atoms with Crippen molar-refractivity contribution in [2.75, 3.05) is 5.32 Å². The summed E-state index contributed by atoms with van der Waals surface area (Å²) in [4.78, 5) is 23.1. The van der Waals surface area contributed by atoms with Crippen molar-refractivity contribution in [3.05, 3.63) is 29.3 Å². The van der Waals surface area contributed by atoms with E-state index < -0.39 is 16.8 Å². The average molecular weight is 247 g/mol. The summed E-state index contributed by atoms with van der Waals surface area (Å²) in [5, 5.41) is 12.1. The summed E-state index contributed by atoms with van der Waals surface area (Å²) in [5.74, 6) is -0.930. The van der Waals surface area contributed by atoms with Crippen molar-refractivity contribution in [2.45, 2.75) is 38.5 Å². The van der Waals surface area contributed by atoms with Gasteiger partial charge in [-0.15, -0.1) is 0 Å². The first kappa shape index (κ1) is 12.6. The van der Waals surface area contributed by atoms with Gasteiger partial charge in [-0.05, 0) is 44.9 Å². The van der Waals surface area contributed by atoms with Gasteiger partial charge in [-0.3, -0.25) is 9.59 Å². The molecule has 0 saturated heterocycles. The number of nitrogens with one attached hydrogen (secondary N) is 1. The van der Waals surface area contributed by atoms with E-state index in [1.807, 2.05) is 19.9 Å². The Morgan fingerprint density at radius 2 is 1.94 bits per heavy atom. The first-order chi connectivity index (χ1) is 8.17. The van der Waals surface area contributed by atoms with Crippen molar-refractivity contribution in [2.24, 2.45) is 0 Å². The molecule has 2 N–H and O–H groups in total. The quantitative estimate of drug-likeness (QED) is 0.842. The molecule has 0 fully saturated rings. The Labute approximate surface area is 106 Å². The van der Waals surface area contributed by atoms with Crippen LogP contribution in [-0.4, -0.2) is 17.0 Å². The first-order valence-electron chi connectivity index (χ1n) is 5.87. The second-order valence-electron chi connectivity index (χ2n) is 5.77. The number of rotatable bonds is 2. The van der Waals surface area contributed by atoms with Crippen LogP contribution in [0.15, 0.2) is 18.2 Å². The Kier molecular flexibility index (Phi) is 2.50. The third-order valence-electron chi connectivity index (χ3n) is 3.77. The van der Waals surface area contributed by atoms with Gasteiger partial charge in [-0.1, -0.05) is 12.1 Å². The zero-order valence-electron chi connectivity index (χ0n) is 11.0. The minimum absolute atomic E-state index is 0.0530. The fourth-order valence-corrected chi connectivity index (χ4v) is 2.08. The first-order valence-corrected chi connectivity index (χ1v) is 5.87. The van der Waals surface area contributed by atoms with Gasteiger partial charge in [0, 0.05) is 5.69 Å². The molecule has 1 aromatic carbocycles. The summed E-state index contributed by atoms with van der Waals surface area (Å²) in [6.45, 7) is 7.00. The molecule has 1 aliphatic heterocycles. The fourth-order valence-electron chi connectivity index (χ4n) is 2.08. The van der Waals surface area contributed by atoms with Crippen molar-refractivity contribution in [3.8, 4) is 0 Å². The molecule has 1 aromatic rings. The number of hydrogen-bond acceptors (Lipinski definition) is 2. The highest BCUT2D eigenvalue weighted by Crippen LogP contribution is 2.39. The molecule has 0 aliphatic carbocycles. The van der Waals surface area contributed by atoms with Crippen LogP contribution in [0, 0.1) is 0 Å². The third-order valence-corrected chi connectivity index (χ3v) is 3.77. The van der Waals surface area contributed by atoms with Gasteiger partial charge in [-0.2, -0.15) is 0 Å². The highest BCUT2D eigenvalue weighted by molar-refractivity contribution is 6.05. The summed E-state index contributed by atoms with van der Waals surface area (Å²) >= 11 is 0. The molecule has 0 unspecified atom stereocenters. The van der Waals surface area contributed by atoms with E-state index in [1.165, 1.54) is 0 Å². The van der Waals surface area contributed by atoms with Crippen LogP contribution in [0.2, 0.25) is 0 Å². The Bertz CT molecular complexity index is 544. The normalized spacial score (nSPS) is 17.2. The number of benzene rings is 1. The SMILES string of the molecule is CC(C)(C(=O)O)c1ccc2c(c1)C(C)(C)C(=O)N2. The number of anilines is 1. The van der Waals surface area contributed by atoms with Gasteiger partial charge in [0.05, 0.1) is 10.8 Å². The average Bonchev–Trinajstić information content (AvgIpc) is 2.49. The van der Waals surface area contributed by atoms with E-state index in [4.69, 9.17) is 0 Å². The molecule has 0 aromatic heterocycles. The highest BCUT2D eigenvalue weighted by Gasteiger charge is 2.40. The number of carboxylic acid groups (broad SMARTS) is 1. The monoisotopic (exact) mass is 247 g/mol. The number of carboxylic acids is 1. The molecule has 2 rings (SSSR count). The molecule has 4 nitrogen and oxygen atoms in total. The maximum absolute atomic E-state index is 11.8. The number of hydrogen-bond donors (Lipinski definition) is 2. The molecule has 4 heteroatoms. The molecule has 0 bridgehead atoms. The lowest BCUT2D eigenvalue weighted by atomic mass is 9.79. The van der Waals surface area contributed by atoms with Crippen LogP contribution in [0.4, 0.5) is 5.69 Å². The van der Waals surface area contributed by atoms with Gasteiger partial charge in [0.2, 0.25) is 5.91 Å². The van der Waals surface area contributed by atoms with Crippen molar-refractivity contribution in [1.29, 1.82) is 0 Å². The van der Waals surface area contributed by atoms with Crippen molar-refractivity contribution in [3.63, 3.8) is 0 Å². The van der Waals surface area contributed by atoms with Crippen molar-refractivity contribution in [1.82, 2.24) is 0 Å². The van der Waals surface area contributed by atoms with E-state index in [0.717, 1.165) is 11.3 Å². The molecule has 1 heterocycles. The lowest BCUT2D eigenvalue weighted by Gasteiger charge is -2.22.